The minimum Gasteiger partial charge on any atom is -0.358 e. The normalized spacial score (nSPS) is 13.4. The topological polar surface area (TPSA) is 75.1 Å². The highest BCUT2D eigenvalue weighted by atomic mass is 16.1. The van der Waals surface area contributed by atoms with E-state index in [1.807, 2.05) is 65.3 Å². The van der Waals surface area contributed by atoms with E-state index in [1.54, 1.807) is 6.20 Å². The Hall–Kier alpha value is -3.93. The lowest BCUT2D eigenvalue weighted by molar-refractivity contribution is 0.102. The Morgan fingerprint density at radius 3 is 2.81 bits per heavy atom. The van der Waals surface area contributed by atoms with Crippen LogP contribution in [0, 0.1) is 0 Å². The van der Waals surface area contributed by atoms with Gasteiger partial charge in [0, 0.05) is 52.0 Å². The predicted molar refractivity (Wildman–Crippen MR) is 121 cm³/mol. The fraction of sp³-hybridized carbons (Fsp3) is 0.160. The van der Waals surface area contributed by atoms with Gasteiger partial charge in [0.1, 0.15) is 0 Å². The quantitative estimate of drug-likeness (QED) is 0.441. The Balaban J connectivity index is 1.24. The molecule has 0 radical (unpaired) electrons. The molecule has 0 unspecified atom stereocenters. The van der Waals surface area contributed by atoms with Crippen molar-refractivity contribution in [1.29, 1.82) is 0 Å². The summed E-state index contributed by atoms with van der Waals surface area (Å²) in [5, 5.41) is 4.19. The third kappa shape index (κ3) is 3.17. The minimum absolute atomic E-state index is 0.0997. The monoisotopic (exact) mass is 407 g/mol. The van der Waals surface area contributed by atoms with Crippen LogP contribution in [0.3, 0.4) is 0 Å². The second-order valence-corrected chi connectivity index (χ2v) is 8.03. The lowest BCUT2D eigenvalue weighted by Crippen LogP contribution is -2.11. The summed E-state index contributed by atoms with van der Waals surface area (Å²) in [4.78, 5) is 25.2. The number of nitrogens with zero attached hydrogens (tertiary/aromatic N) is 3. The van der Waals surface area contributed by atoms with Gasteiger partial charge in [0.25, 0.3) is 5.91 Å². The molecule has 2 N–H and O–H groups in total. The highest BCUT2D eigenvalue weighted by molar-refractivity contribution is 6.06. The average Bonchev–Trinajstić information content (AvgIpc) is 3.40. The van der Waals surface area contributed by atoms with E-state index in [4.69, 9.17) is 0 Å². The molecule has 152 valence electrons. The summed E-state index contributed by atoms with van der Waals surface area (Å²) in [7, 11) is 0. The fourth-order valence-electron chi connectivity index (χ4n) is 4.44. The van der Waals surface area contributed by atoms with Crippen LogP contribution in [-0.2, 0) is 12.8 Å². The summed E-state index contributed by atoms with van der Waals surface area (Å²) in [6.45, 7) is 0. The van der Waals surface area contributed by atoms with E-state index in [1.165, 1.54) is 29.5 Å². The summed E-state index contributed by atoms with van der Waals surface area (Å²) >= 11 is 0. The summed E-state index contributed by atoms with van der Waals surface area (Å²) < 4.78 is 1.89. The van der Waals surface area contributed by atoms with Crippen LogP contribution in [0.4, 0.5) is 5.69 Å². The second-order valence-electron chi connectivity index (χ2n) is 8.03. The Morgan fingerprint density at radius 2 is 1.94 bits per heavy atom. The van der Waals surface area contributed by atoms with Crippen LogP contribution >= 0.6 is 0 Å². The molecule has 0 atom stereocenters. The third-order valence-electron chi connectivity index (χ3n) is 6.03. The Bertz CT molecular complexity index is 1390. The van der Waals surface area contributed by atoms with E-state index in [9.17, 15) is 4.79 Å². The number of fused-ring (bicyclic) bond motifs is 4. The first-order chi connectivity index (χ1) is 15.2. The number of benzene rings is 2. The molecule has 3 heterocycles. The Kier molecular flexibility index (Phi) is 4.09. The smallest absolute Gasteiger partial charge is 0.255 e. The molecule has 1 aliphatic carbocycles. The van der Waals surface area contributed by atoms with E-state index in [2.05, 4.69) is 20.3 Å². The number of aromatic nitrogens is 4. The molecule has 0 spiro atoms. The number of nitrogens with one attached hydrogen (secondary N) is 2. The van der Waals surface area contributed by atoms with Crippen LogP contribution in [0.1, 0.15) is 34.5 Å². The van der Waals surface area contributed by atoms with Crippen molar-refractivity contribution < 1.29 is 4.79 Å². The number of rotatable bonds is 3. The highest BCUT2D eigenvalue weighted by Gasteiger charge is 2.17. The number of carbonyl (C=O) groups is 1. The van der Waals surface area contributed by atoms with Gasteiger partial charge in [-0.05, 0) is 67.6 Å². The second kappa shape index (κ2) is 7.09. The number of imidazole rings is 1. The molecular formula is C25H21N5O. The number of amides is 1. The van der Waals surface area contributed by atoms with Gasteiger partial charge in [-0.1, -0.05) is 12.1 Å². The molecule has 0 bridgehead atoms. The van der Waals surface area contributed by atoms with E-state index in [0.29, 0.717) is 11.3 Å². The van der Waals surface area contributed by atoms with Crippen LogP contribution in [0.15, 0.2) is 67.1 Å². The fourth-order valence-corrected chi connectivity index (χ4v) is 4.44. The molecule has 3 aromatic heterocycles. The van der Waals surface area contributed by atoms with Crippen LogP contribution < -0.4 is 5.32 Å². The maximum absolute atomic E-state index is 12.9. The van der Waals surface area contributed by atoms with Gasteiger partial charge in [-0.2, -0.15) is 0 Å². The van der Waals surface area contributed by atoms with Crippen molar-refractivity contribution in [2.24, 2.45) is 0 Å². The Labute approximate surface area is 179 Å². The molecule has 5 aromatic rings. The molecule has 6 rings (SSSR count). The molecule has 0 aliphatic heterocycles. The van der Waals surface area contributed by atoms with Crippen molar-refractivity contribution in [3.8, 4) is 11.3 Å². The molecule has 6 nitrogen and oxygen atoms in total. The van der Waals surface area contributed by atoms with Crippen molar-refractivity contribution >= 4 is 28.3 Å². The van der Waals surface area contributed by atoms with Crippen molar-refractivity contribution in [2.45, 2.75) is 25.7 Å². The van der Waals surface area contributed by atoms with Gasteiger partial charge in [0.2, 0.25) is 5.78 Å². The minimum atomic E-state index is -0.0997. The van der Waals surface area contributed by atoms with Crippen molar-refractivity contribution in [1.82, 2.24) is 19.4 Å². The standard InChI is InChI=1S/C25H21N5O/c31-24(17-8-11-22-20(14-17)19-4-1-2-5-21(19)28-22)27-18-9-6-16(7-10-18)23-15-30-13-3-12-26-25(30)29-23/h3,6-15,28H,1-2,4-5H2,(H,27,31). The van der Waals surface area contributed by atoms with Crippen LogP contribution in [-0.4, -0.2) is 25.3 Å². The van der Waals surface area contributed by atoms with Gasteiger partial charge in [0.15, 0.2) is 0 Å². The number of anilines is 1. The molecule has 0 saturated heterocycles. The first-order valence-electron chi connectivity index (χ1n) is 10.6. The lowest BCUT2D eigenvalue weighted by Gasteiger charge is -2.10. The zero-order valence-corrected chi connectivity index (χ0v) is 16.9. The maximum Gasteiger partial charge on any atom is 0.255 e. The van der Waals surface area contributed by atoms with Crippen LogP contribution in [0.5, 0.6) is 0 Å². The highest BCUT2D eigenvalue weighted by Crippen LogP contribution is 2.30. The van der Waals surface area contributed by atoms with Gasteiger partial charge in [0.05, 0.1) is 5.69 Å². The van der Waals surface area contributed by atoms with E-state index in [-0.39, 0.29) is 5.91 Å². The number of hydrogen-bond donors (Lipinski definition) is 2. The summed E-state index contributed by atoms with van der Waals surface area (Å²) in [5.74, 6) is 0.564. The van der Waals surface area contributed by atoms with E-state index >= 15 is 0 Å². The molecule has 1 aliphatic rings. The number of aromatic amines is 1. The van der Waals surface area contributed by atoms with Crippen molar-refractivity contribution in [3.05, 3.63) is 83.9 Å². The average molecular weight is 407 g/mol. The van der Waals surface area contributed by atoms with Crippen molar-refractivity contribution in [3.63, 3.8) is 0 Å². The van der Waals surface area contributed by atoms with Gasteiger partial charge in [-0.15, -0.1) is 0 Å². The molecule has 1 amide bonds. The van der Waals surface area contributed by atoms with Gasteiger partial charge < -0.3 is 10.3 Å². The maximum atomic E-state index is 12.9. The molecule has 31 heavy (non-hydrogen) atoms. The van der Waals surface area contributed by atoms with E-state index in [0.717, 1.165) is 35.3 Å². The number of H-pyrrole nitrogens is 1. The van der Waals surface area contributed by atoms with E-state index < -0.39 is 0 Å². The van der Waals surface area contributed by atoms with Crippen molar-refractivity contribution in [2.75, 3.05) is 5.32 Å². The molecular weight excluding hydrogens is 386 g/mol. The molecule has 2 aromatic carbocycles. The SMILES string of the molecule is O=C(Nc1ccc(-c2cn3cccnc3n2)cc1)c1ccc2[nH]c3c(c2c1)CCCC3. The lowest BCUT2D eigenvalue weighted by atomic mass is 9.95. The molecule has 0 saturated carbocycles. The third-order valence-corrected chi connectivity index (χ3v) is 6.03. The van der Waals surface area contributed by atoms with Crippen LogP contribution in [0.25, 0.3) is 27.9 Å². The van der Waals surface area contributed by atoms with Gasteiger partial charge in [-0.25, -0.2) is 9.97 Å². The van der Waals surface area contributed by atoms with Crippen LogP contribution in [0.2, 0.25) is 0 Å². The summed E-state index contributed by atoms with van der Waals surface area (Å²) in [5.41, 5.74) is 7.08. The number of aryl methyl sites for hydroxylation is 2. The summed E-state index contributed by atoms with van der Waals surface area (Å²) in [6, 6.07) is 15.5. The number of carbonyl (C=O) groups excluding carboxylic acids is 1. The Morgan fingerprint density at radius 1 is 1.06 bits per heavy atom. The zero-order valence-electron chi connectivity index (χ0n) is 16.9. The zero-order chi connectivity index (χ0) is 20.8. The summed E-state index contributed by atoms with van der Waals surface area (Å²) in [6.07, 6.45) is 10.2. The van der Waals surface area contributed by atoms with Gasteiger partial charge >= 0.3 is 0 Å². The van der Waals surface area contributed by atoms with Gasteiger partial charge in [-0.3, -0.25) is 9.20 Å². The first-order valence-corrected chi connectivity index (χ1v) is 10.6. The number of hydrogen-bond acceptors (Lipinski definition) is 3. The predicted octanol–water partition coefficient (Wildman–Crippen LogP) is 5.01. The first kappa shape index (κ1) is 17.9. The molecule has 0 fully saturated rings. The largest absolute Gasteiger partial charge is 0.358 e. The molecule has 6 heteroatoms.